The van der Waals surface area contributed by atoms with Crippen LogP contribution in [-0.4, -0.2) is 46.8 Å². The minimum absolute atomic E-state index is 0.0305. The van der Waals surface area contributed by atoms with Gasteiger partial charge in [0.2, 0.25) is 11.8 Å². The first-order valence-electron chi connectivity index (χ1n) is 15.4. The van der Waals surface area contributed by atoms with Crippen LogP contribution in [0.5, 0.6) is 0 Å². The minimum Gasteiger partial charge on any atom is -0.481 e. The average molecular weight is 559 g/mol. The standard InChI is InChI=1S/C34H46N4O3/c1-23(2)33(41-4)35-19-24(3)26-10-8-25(9-11-26)21-37(34(40)27-12-16-32(39)17-13-27)31-7-5-6-28(18-31)29-20-36-38(22-29)30-14-15-30/h5-7,18-20,22,25-27,30,32,39H,3,8-17,21H2,1-2,4H3/b35-19-/t25-,26-,27-,32-. The topological polar surface area (TPSA) is 80.0 Å². The first-order valence-corrected chi connectivity index (χ1v) is 15.4. The summed E-state index contributed by atoms with van der Waals surface area (Å²) >= 11 is 0. The normalized spacial score (nSPS) is 24.7. The molecule has 3 fully saturated rings. The predicted octanol–water partition coefficient (Wildman–Crippen LogP) is 7.10. The molecule has 7 nitrogen and oxygen atoms in total. The quantitative estimate of drug-likeness (QED) is 0.249. The van der Waals surface area contributed by atoms with E-state index in [1.165, 1.54) is 12.8 Å². The van der Waals surface area contributed by atoms with E-state index in [4.69, 9.17) is 4.74 Å². The van der Waals surface area contributed by atoms with E-state index in [2.05, 4.69) is 56.7 Å². The molecule has 1 heterocycles. The lowest BCUT2D eigenvalue weighted by molar-refractivity contribution is -0.124. The van der Waals surface area contributed by atoms with E-state index in [0.717, 1.165) is 73.0 Å². The predicted molar refractivity (Wildman–Crippen MR) is 165 cm³/mol. The van der Waals surface area contributed by atoms with Gasteiger partial charge in [-0.15, -0.1) is 0 Å². The van der Waals surface area contributed by atoms with E-state index >= 15 is 0 Å². The summed E-state index contributed by atoms with van der Waals surface area (Å²) in [6.07, 6.45) is 15.2. The van der Waals surface area contributed by atoms with Crippen LogP contribution >= 0.6 is 0 Å². The SMILES string of the molecule is C=C(/C=N\C(OC)=C(C)C)[C@H]1CC[C@H](CN(c2cccc(-c3cnn(C4CC4)c3)c2)C(=O)[C@H]2CC[C@H](O)CC2)CC1. The Morgan fingerprint density at radius 2 is 1.78 bits per heavy atom. The van der Waals surface area contributed by atoms with Crippen molar-refractivity contribution in [1.82, 2.24) is 9.78 Å². The number of rotatable bonds is 10. The van der Waals surface area contributed by atoms with E-state index < -0.39 is 0 Å². The third-order valence-electron chi connectivity index (χ3n) is 9.11. The highest BCUT2D eigenvalue weighted by atomic mass is 16.5. The van der Waals surface area contributed by atoms with Crippen molar-refractivity contribution in [3.63, 3.8) is 0 Å². The number of benzene rings is 1. The van der Waals surface area contributed by atoms with Crippen molar-refractivity contribution >= 4 is 17.8 Å². The second kappa shape index (κ2) is 13.2. The second-order valence-corrected chi connectivity index (χ2v) is 12.5. The number of aromatic nitrogens is 2. The summed E-state index contributed by atoms with van der Waals surface area (Å²) in [5.41, 5.74) is 5.24. The van der Waals surface area contributed by atoms with E-state index in [1.54, 1.807) is 7.11 Å². The summed E-state index contributed by atoms with van der Waals surface area (Å²) in [7, 11) is 1.65. The van der Waals surface area contributed by atoms with Crippen LogP contribution in [0.15, 0.2) is 65.3 Å². The van der Waals surface area contributed by atoms with Crippen molar-refractivity contribution in [1.29, 1.82) is 0 Å². The molecule has 3 aliphatic rings. The number of amides is 1. The lowest BCUT2D eigenvalue weighted by Crippen LogP contribution is -2.42. The van der Waals surface area contributed by atoms with Gasteiger partial charge in [-0.2, -0.15) is 5.10 Å². The van der Waals surface area contributed by atoms with Gasteiger partial charge in [0, 0.05) is 36.1 Å². The molecule has 3 aliphatic carbocycles. The van der Waals surface area contributed by atoms with E-state index in [0.29, 0.717) is 36.6 Å². The summed E-state index contributed by atoms with van der Waals surface area (Å²) < 4.78 is 7.44. The van der Waals surface area contributed by atoms with Crippen molar-refractivity contribution in [3.8, 4) is 11.1 Å². The molecule has 41 heavy (non-hydrogen) atoms. The number of aliphatic hydroxyl groups is 1. The van der Waals surface area contributed by atoms with Gasteiger partial charge < -0.3 is 14.7 Å². The molecule has 2 aromatic rings. The van der Waals surface area contributed by atoms with Gasteiger partial charge in [0.1, 0.15) is 0 Å². The van der Waals surface area contributed by atoms with Gasteiger partial charge in [0.05, 0.1) is 25.5 Å². The largest absolute Gasteiger partial charge is 0.481 e. The molecule has 1 N–H and O–H groups in total. The lowest BCUT2D eigenvalue weighted by atomic mass is 9.78. The van der Waals surface area contributed by atoms with Crippen LogP contribution in [0.1, 0.15) is 84.1 Å². The molecule has 0 atom stereocenters. The van der Waals surface area contributed by atoms with E-state index in [1.807, 2.05) is 26.3 Å². The monoisotopic (exact) mass is 558 g/mol. The maximum absolute atomic E-state index is 14.0. The Morgan fingerprint density at radius 3 is 2.44 bits per heavy atom. The highest BCUT2D eigenvalue weighted by Crippen LogP contribution is 2.37. The average Bonchev–Trinajstić information content (AvgIpc) is 3.72. The van der Waals surface area contributed by atoms with Gasteiger partial charge in [-0.1, -0.05) is 18.7 Å². The molecule has 1 aromatic carbocycles. The maximum atomic E-state index is 14.0. The van der Waals surface area contributed by atoms with E-state index in [9.17, 15) is 9.90 Å². The van der Waals surface area contributed by atoms with Crippen LogP contribution < -0.4 is 4.90 Å². The number of allylic oxidation sites excluding steroid dienone is 2. The molecule has 0 spiro atoms. The third kappa shape index (κ3) is 7.37. The Kier molecular flexibility index (Phi) is 9.43. The Hall–Kier alpha value is -3.19. The Labute approximate surface area is 245 Å². The number of methoxy groups -OCH3 is 1. The molecule has 3 saturated carbocycles. The Morgan fingerprint density at radius 1 is 1.07 bits per heavy atom. The second-order valence-electron chi connectivity index (χ2n) is 12.5. The molecule has 0 unspecified atom stereocenters. The molecular weight excluding hydrogens is 512 g/mol. The van der Waals surface area contributed by atoms with Crippen molar-refractivity contribution in [2.75, 3.05) is 18.6 Å². The first kappa shape index (κ1) is 29.3. The van der Waals surface area contributed by atoms with Crippen LogP contribution in [0.4, 0.5) is 5.69 Å². The summed E-state index contributed by atoms with van der Waals surface area (Å²) in [5.74, 6) is 1.65. The molecule has 220 valence electrons. The zero-order chi connectivity index (χ0) is 28.9. The highest BCUT2D eigenvalue weighted by molar-refractivity contribution is 5.95. The maximum Gasteiger partial charge on any atom is 0.230 e. The first-order chi connectivity index (χ1) is 19.8. The molecule has 1 aromatic heterocycles. The Balaban J connectivity index is 1.29. The molecule has 0 saturated heterocycles. The van der Waals surface area contributed by atoms with Crippen LogP contribution in [0.3, 0.4) is 0 Å². The van der Waals surface area contributed by atoms with Crippen molar-refractivity contribution < 1.29 is 14.6 Å². The van der Waals surface area contributed by atoms with Crippen LogP contribution in [-0.2, 0) is 9.53 Å². The highest BCUT2D eigenvalue weighted by Gasteiger charge is 2.32. The van der Waals surface area contributed by atoms with Gasteiger partial charge in [-0.3, -0.25) is 9.48 Å². The van der Waals surface area contributed by atoms with Gasteiger partial charge in [0.15, 0.2) is 0 Å². The van der Waals surface area contributed by atoms with Crippen molar-refractivity contribution in [2.24, 2.45) is 22.7 Å². The number of carbonyl (C=O) groups is 1. The molecule has 5 rings (SSSR count). The third-order valence-corrected chi connectivity index (χ3v) is 9.11. The molecule has 0 bridgehead atoms. The summed E-state index contributed by atoms with van der Waals surface area (Å²) in [5, 5.41) is 14.6. The molecule has 7 heteroatoms. The number of carbonyl (C=O) groups excluding carboxylic acids is 1. The summed E-state index contributed by atoms with van der Waals surface area (Å²) in [6, 6.07) is 8.94. The number of hydrogen-bond acceptors (Lipinski definition) is 5. The van der Waals surface area contributed by atoms with Gasteiger partial charge in [0.25, 0.3) is 0 Å². The summed E-state index contributed by atoms with van der Waals surface area (Å²) in [4.78, 5) is 20.6. The fraction of sp³-hybridized carbons (Fsp3) is 0.559. The van der Waals surface area contributed by atoms with Crippen molar-refractivity contribution in [2.45, 2.75) is 90.2 Å². The van der Waals surface area contributed by atoms with Crippen LogP contribution in [0, 0.1) is 17.8 Å². The van der Waals surface area contributed by atoms with Crippen molar-refractivity contribution in [3.05, 3.63) is 60.3 Å². The minimum atomic E-state index is -0.276. The van der Waals surface area contributed by atoms with Crippen LogP contribution in [0.25, 0.3) is 11.1 Å². The smallest absolute Gasteiger partial charge is 0.230 e. The van der Waals surface area contributed by atoms with Crippen LogP contribution in [0.2, 0.25) is 0 Å². The number of nitrogens with zero attached hydrogens (tertiary/aromatic N) is 4. The molecule has 1 amide bonds. The molecule has 0 aliphatic heterocycles. The fourth-order valence-corrected chi connectivity index (χ4v) is 6.35. The van der Waals surface area contributed by atoms with Gasteiger partial charge in [-0.25, -0.2) is 4.99 Å². The number of anilines is 1. The zero-order valence-corrected chi connectivity index (χ0v) is 25.0. The van der Waals surface area contributed by atoms with Gasteiger partial charge >= 0.3 is 0 Å². The van der Waals surface area contributed by atoms with E-state index in [-0.39, 0.29) is 17.9 Å². The number of aliphatic hydroxyl groups excluding tert-OH is 1. The summed E-state index contributed by atoms with van der Waals surface area (Å²) in [6.45, 7) is 9.01. The molecule has 0 radical (unpaired) electrons. The zero-order valence-electron chi connectivity index (χ0n) is 25.0. The Bertz CT molecular complexity index is 1270. The number of hydrogen-bond donors (Lipinski definition) is 1. The fourth-order valence-electron chi connectivity index (χ4n) is 6.35. The number of ether oxygens (including phenoxy) is 1. The lowest BCUT2D eigenvalue weighted by Gasteiger charge is -2.36. The number of aliphatic imine (C=N–C) groups is 1. The van der Waals surface area contributed by atoms with Gasteiger partial charge in [-0.05, 0) is 119 Å². The molecular formula is C34H46N4O3.